The first-order valence-electron chi connectivity index (χ1n) is 12.8. The van der Waals surface area contributed by atoms with Crippen LogP contribution in [0.15, 0.2) is 24.3 Å². The van der Waals surface area contributed by atoms with Crippen molar-refractivity contribution in [1.82, 2.24) is 14.5 Å². The zero-order valence-corrected chi connectivity index (χ0v) is 18.6. The van der Waals surface area contributed by atoms with Gasteiger partial charge in [0.15, 0.2) is 0 Å². The second-order valence-corrected chi connectivity index (χ2v) is 10.7. The average Bonchev–Trinajstić information content (AvgIpc) is 3.11. The number of anilines is 1. The largest absolute Gasteiger partial charge is 0.356 e. The number of fused-ring (bicyclic) bond motifs is 5. The minimum absolute atomic E-state index is 0.584. The molecular formula is C26H38N4. The van der Waals surface area contributed by atoms with Gasteiger partial charge in [-0.1, -0.05) is 37.8 Å². The van der Waals surface area contributed by atoms with Gasteiger partial charge in [-0.2, -0.15) is 0 Å². The van der Waals surface area contributed by atoms with Crippen molar-refractivity contribution in [2.75, 3.05) is 11.9 Å². The van der Waals surface area contributed by atoms with E-state index < -0.39 is 0 Å². The fraction of sp³-hybridized carbons (Fsp3) is 0.731. The van der Waals surface area contributed by atoms with E-state index in [1.807, 2.05) is 0 Å². The zero-order valence-electron chi connectivity index (χ0n) is 18.6. The topological polar surface area (TPSA) is 33.1 Å². The van der Waals surface area contributed by atoms with Crippen LogP contribution in [0.4, 0.5) is 5.95 Å². The van der Waals surface area contributed by atoms with Gasteiger partial charge in [-0.05, 0) is 75.8 Å². The quantitative estimate of drug-likeness (QED) is 0.676. The van der Waals surface area contributed by atoms with Crippen LogP contribution < -0.4 is 5.32 Å². The van der Waals surface area contributed by atoms with Crippen LogP contribution in [-0.2, 0) is 0 Å². The van der Waals surface area contributed by atoms with Gasteiger partial charge in [-0.25, -0.2) is 4.98 Å². The maximum atomic E-state index is 4.96. The highest BCUT2D eigenvalue weighted by Gasteiger charge is 2.45. The van der Waals surface area contributed by atoms with Crippen LogP contribution in [0.1, 0.15) is 83.6 Å². The highest BCUT2D eigenvalue weighted by molar-refractivity contribution is 5.78. The van der Waals surface area contributed by atoms with Crippen molar-refractivity contribution in [3.8, 4) is 0 Å². The molecule has 4 aliphatic rings. The van der Waals surface area contributed by atoms with Crippen LogP contribution in [0, 0.1) is 11.8 Å². The van der Waals surface area contributed by atoms with E-state index in [4.69, 9.17) is 4.98 Å². The van der Waals surface area contributed by atoms with Crippen LogP contribution in [-0.4, -0.2) is 39.1 Å². The monoisotopic (exact) mass is 406 g/mol. The number of para-hydroxylation sites is 2. The molecule has 1 aromatic heterocycles. The summed E-state index contributed by atoms with van der Waals surface area (Å²) in [4.78, 5) is 8.02. The number of aromatic nitrogens is 2. The lowest BCUT2D eigenvalue weighted by Gasteiger charge is -2.55. The molecule has 162 valence electrons. The summed E-state index contributed by atoms with van der Waals surface area (Å²) < 4.78 is 2.57. The van der Waals surface area contributed by atoms with Crippen LogP contribution in [0.5, 0.6) is 0 Å². The van der Waals surface area contributed by atoms with Crippen molar-refractivity contribution in [2.24, 2.45) is 11.8 Å². The molecule has 0 radical (unpaired) electrons. The van der Waals surface area contributed by atoms with E-state index in [1.54, 1.807) is 0 Å². The molecule has 2 aliphatic carbocycles. The molecule has 30 heavy (non-hydrogen) atoms. The Bertz CT molecular complexity index is 862. The Morgan fingerprint density at radius 2 is 1.53 bits per heavy atom. The molecule has 4 fully saturated rings. The second kappa shape index (κ2) is 7.85. The molecule has 6 rings (SSSR count). The molecule has 4 bridgehead atoms. The van der Waals surface area contributed by atoms with E-state index in [2.05, 4.69) is 46.0 Å². The smallest absolute Gasteiger partial charge is 0.204 e. The number of rotatable bonds is 4. The van der Waals surface area contributed by atoms with E-state index in [0.717, 1.165) is 48.0 Å². The first-order valence-corrected chi connectivity index (χ1v) is 12.8. The highest BCUT2D eigenvalue weighted by Crippen LogP contribution is 2.48. The molecule has 2 aliphatic heterocycles. The molecule has 3 heterocycles. The minimum Gasteiger partial charge on any atom is -0.356 e. The third kappa shape index (κ3) is 3.26. The van der Waals surface area contributed by atoms with E-state index >= 15 is 0 Å². The molecule has 1 aromatic carbocycles. The molecule has 4 atom stereocenters. The van der Waals surface area contributed by atoms with Gasteiger partial charge in [0.1, 0.15) is 0 Å². The van der Waals surface area contributed by atoms with Gasteiger partial charge >= 0.3 is 0 Å². The molecular weight excluding hydrogens is 368 g/mol. The Balaban J connectivity index is 1.29. The summed E-state index contributed by atoms with van der Waals surface area (Å²) in [6.45, 7) is 3.11. The number of hydrogen-bond acceptors (Lipinski definition) is 3. The molecule has 2 saturated carbocycles. The number of nitrogens with one attached hydrogen (secondary N) is 1. The summed E-state index contributed by atoms with van der Waals surface area (Å²) in [5, 5.41) is 3.57. The van der Waals surface area contributed by atoms with Gasteiger partial charge in [0, 0.05) is 30.7 Å². The number of imidazole rings is 1. The number of nitrogens with zero attached hydrogens (tertiary/aromatic N) is 3. The summed E-state index contributed by atoms with van der Waals surface area (Å²) >= 11 is 0. The predicted octanol–water partition coefficient (Wildman–Crippen LogP) is 5.99. The third-order valence-corrected chi connectivity index (χ3v) is 8.83. The molecule has 4 nitrogen and oxygen atoms in total. The van der Waals surface area contributed by atoms with E-state index in [-0.39, 0.29) is 0 Å². The van der Waals surface area contributed by atoms with Gasteiger partial charge in [-0.3, -0.25) is 4.90 Å². The third-order valence-electron chi connectivity index (χ3n) is 8.83. The van der Waals surface area contributed by atoms with Crippen molar-refractivity contribution in [1.29, 1.82) is 0 Å². The fourth-order valence-corrected chi connectivity index (χ4v) is 7.83. The molecule has 2 aromatic rings. The Kier molecular flexibility index (Phi) is 5.02. The molecule has 4 heteroatoms. The lowest BCUT2D eigenvalue weighted by molar-refractivity contribution is -0.0480. The second-order valence-electron chi connectivity index (χ2n) is 10.7. The molecule has 0 amide bonds. The maximum absolute atomic E-state index is 4.96. The molecule has 1 N–H and O–H groups in total. The van der Waals surface area contributed by atoms with Gasteiger partial charge in [0.2, 0.25) is 5.95 Å². The maximum Gasteiger partial charge on any atom is 0.204 e. The van der Waals surface area contributed by atoms with E-state index in [1.165, 1.54) is 76.1 Å². The lowest BCUT2D eigenvalue weighted by Crippen LogP contribution is -2.58. The fourth-order valence-electron chi connectivity index (χ4n) is 7.83. The van der Waals surface area contributed by atoms with Crippen LogP contribution in [0.2, 0.25) is 0 Å². The van der Waals surface area contributed by atoms with Crippen LogP contribution >= 0.6 is 0 Å². The van der Waals surface area contributed by atoms with Crippen molar-refractivity contribution >= 4 is 17.0 Å². The van der Waals surface area contributed by atoms with Crippen molar-refractivity contribution in [3.05, 3.63) is 24.3 Å². The Morgan fingerprint density at radius 1 is 0.833 bits per heavy atom. The summed E-state index contributed by atoms with van der Waals surface area (Å²) in [5.74, 6) is 3.14. The Labute approximate surface area is 181 Å². The van der Waals surface area contributed by atoms with Crippen LogP contribution in [0.25, 0.3) is 11.0 Å². The first-order chi connectivity index (χ1) is 14.8. The number of piperidine rings is 2. The summed E-state index contributed by atoms with van der Waals surface area (Å²) in [7, 11) is 0. The SMILES string of the molecule is CCNc1nc2ccccc2n1C1CC2CCCC(C1)N2C1CC2CCCC(C2)C1. The normalized spacial score (nSPS) is 36.7. The Hall–Kier alpha value is -1.55. The highest BCUT2D eigenvalue weighted by atomic mass is 15.3. The first kappa shape index (κ1) is 19.2. The standard InChI is InChI=1S/C26H38N4/c1-2-27-26-28-24-11-3-4-12-25(24)30(26)23-16-20-9-6-10-21(17-23)29(20)22-14-18-7-5-8-19(13-18)15-22/h3-4,11-12,18-23H,2,5-10,13-17H2,1H3,(H,27,28). The van der Waals surface area contributed by atoms with Crippen molar-refractivity contribution in [3.63, 3.8) is 0 Å². The predicted molar refractivity (Wildman–Crippen MR) is 124 cm³/mol. The summed E-state index contributed by atoms with van der Waals surface area (Å²) in [6, 6.07) is 11.7. The zero-order chi connectivity index (χ0) is 20.1. The number of hydrogen-bond donors (Lipinski definition) is 1. The number of benzene rings is 1. The van der Waals surface area contributed by atoms with Crippen molar-refractivity contribution in [2.45, 2.75) is 102 Å². The molecule has 0 spiro atoms. The summed E-state index contributed by atoms with van der Waals surface area (Å²) in [5.41, 5.74) is 2.46. The lowest BCUT2D eigenvalue weighted by atomic mass is 9.68. The van der Waals surface area contributed by atoms with Crippen molar-refractivity contribution < 1.29 is 0 Å². The van der Waals surface area contributed by atoms with Crippen LogP contribution in [0.3, 0.4) is 0 Å². The van der Waals surface area contributed by atoms with Gasteiger partial charge < -0.3 is 9.88 Å². The average molecular weight is 407 g/mol. The summed E-state index contributed by atoms with van der Waals surface area (Å²) in [6.07, 6.45) is 15.9. The van der Waals surface area contributed by atoms with E-state index in [9.17, 15) is 0 Å². The van der Waals surface area contributed by atoms with Gasteiger partial charge in [0.25, 0.3) is 0 Å². The van der Waals surface area contributed by atoms with Gasteiger partial charge in [-0.15, -0.1) is 0 Å². The minimum atomic E-state index is 0.584. The molecule has 2 saturated heterocycles. The van der Waals surface area contributed by atoms with Gasteiger partial charge in [0.05, 0.1) is 11.0 Å². The Morgan fingerprint density at radius 3 is 2.27 bits per heavy atom. The van der Waals surface area contributed by atoms with E-state index in [0.29, 0.717) is 6.04 Å². The molecule has 4 unspecified atom stereocenters.